The van der Waals surface area contributed by atoms with E-state index in [0.717, 1.165) is 17.5 Å². The van der Waals surface area contributed by atoms with Gasteiger partial charge in [-0.1, -0.05) is 11.6 Å². The van der Waals surface area contributed by atoms with Crippen molar-refractivity contribution in [3.8, 4) is 5.88 Å². The molecule has 1 aliphatic carbocycles. The van der Waals surface area contributed by atoms with Gasteiger partial charge in [0.25, 0.3) is 0 Å². The van der Waals surface area contributed by atoms with Gasteiger partial charge in [-0.3, -0.25) is 10.1 Å². The van der Waals surface area contributed by atoms with Gasteiger partial charge in [0.2, 0.25) is 5.88 Å². The molecule has 1 aliphatic heterocycles. The maximum absolute atomic E-state index is 13.3. The Hall–Kier alpha value is -3.28. The maximum Gasteiger partial charge on any atom is 0.435 e. The number of anilines is 1. The molecule has 0 aromatic carbocycles. The SMILES string of the molecule is CC1=CC(CNC(=O)Nc2cnc(OCC3CC3)c(Cl)c2)=NNC1c1cn(C)nc1C(F)(F)F. The molecule has 2 aromatic rings. The summed E-state index contributed by atoms with van der Waals surface area (Å²) in [7, 11) is 1.43. The molecule has 3 N–H and O–H groups in total. The van der Waals surface area contributed by atoms with Gasteiger partial charge in [-0.25, -0.2) is 9.78 Å². The van der Waals surface area contributed by atoms with Crippen molar-refractivity contribution in [3.63, 3.8) is 0 Å². The maximum atomic E-state index is 13.3. The van der Waals surface area contributed by atoms with E-state index in [2.05, 4.69) is 31.2 Å². The predicted octanol–water partition coefficient (Wildman–Crippen LogP) is 4.04. The lowest BCUT2D eigenvalue weighted by Crippen LogP contribution is -2.35. The van der Waals surface area contributed by atoms with E-state index in [-0.39, 0.29) is 17.1 Å². The first-order valence-electron chi connectivity index (χ1n) is 10.5. The van der Waals surface area contributed by atoms with Crippen molar-refractivity contribution in [2.75, 3.05) is 18.5 Å². The lowest BCUT2D eigenvalue weighted by atomic mass is 9.98. The predicted molar refractivity (Wildman–Crippen MR) is 120 cm³/mol. The van der Waals surface area contributed by atoms with E-state index in [1.165, 1.54) is 25.5 Å². The summed E-state index contributed by atoms with van der Waals surface area (Å²) >= 11 is 6.17. The largest absolute Gasteiger partial charge is 0.476 e. The highest BCUT2D eigenvalue weighted by molar-refractivity contribution is 6.32. The van der Waals surface area contributed by atoms with Gasteiger partial charge in [-0.15, -0.1) is 0 Å². The number of carbonyl (C=O) groups is 1. The third-order valence-corrected chi connectivity index (χ3v) is 5.54. The van der Waals surface area contributed by atoms with E-state index in [9.17, 15) is 18.0 Å². The summed E-state index contributed by atoms with van der Waals surface area (Å²) in [6.45, 7) is 2.30. The first-order valence-corrected chi connectivity index (χ1v) is 10.9. The van der Waals surface area contributed by atoms with Crippen molar-refractivity contribution in [2.24, 2.45) is 18.1 Å². The van der Waals surface area contributed by atoms with Crippen LogP contribution in [0.25, 0.3) is 0 Å². The Balaban J connectivity index is 1.31. The van der Waals surface area contributed by atoms with Gasteiger partial charge in [-0.2, -0.15) is 23.4 Å². The molecular weight excluding hydrogens is 475 g/mol. The minimum atomic E-state index is -4.58. The van der Waals surface area contributed by atoms with Crippen molar-refractivity contribution >= 4 is 29.0 Å². The van der Waals surface area contributed by atoms with Gasteiger partial charge < -0.3 is 15.4 Å². The minimum absolute atomic E-state index is 0.0220. The van der Waals surface area contributed by atoms with Gasteiger partial charge in [-0.05, 0) is 43.4 Å². The monoisotopic (exact) mass is 497 g/mol. The fraction of sp³-hybridized carbons (Fsp3) is 0.429. The zero-order valence-corrected chi connectivity index (χ0v) is 19.2. The van der Waals surface area contributed by atoms with Gasteiger partial charge in [0.05, 0.1) is 36.8 Å². The third-order valence-electron chi connectivity index (χ3n) is 5.27. The molecule has 1 fully saturated rings. The summed E-state index contributed by atoms with van der Waals surface area (Å²) in [6.07, 6.45) is 2.08. The Bertz CT molecular complexity index is 1140. The first-order chi connectivity index (χ1) is 16.1. The number of rotatable bonds is 7. The highest BCUT2D eigenvalue weighted by atomic mass is 35.5. The molecule has 1 unspecified atom stereocenters. The summed E-state index contributed by atoms with van der Waals surface area (Å²) in [5.74, 6) is 0.877. The number of ether oxygens (including phenoxy) is 1. The van der Waals surface area contributed by atoms with Crippen LogP contribution in [0, 0.1) is 5.92 Å². The smallest absolute Gasteiger partial charge is 0.435 e. The molecule has 4 rings (SSSR count). The van der Waals surface area contributed by atoms with Crippen LogP contribution in [0.1, 0.15) is 37.1 Å². The van der Waals surface area contributed by atoms with E-state index in [0.29, 0.717) is 35.4 Å². The molecule has 182 valence electrons. The molecule has 1 atom stereocenters. The van der Waals surface area contributed by atoms with Crippen LogP contribution in [-0.2, 0) is 13.2 Å². The van der Waals surface area contributed by atoms with Crippen LogP contribution in [0.2, 0.25) is 5.02 Å². The highest BCUT2D eigenvalue weighted by Gasteiger charge is 2.39. The Morgan fingerprint density at radius 2 is 2.15 bits per heavy atom. The average Bonchev–Trinajstić information content (AvgIpc) is 3.50. The van der Waals surface area contributed by atoms with Crippen LogP contribution in [0.15, 0.2) is 35.2 Å². The third kappa shape index (κ3) is 5.79. The Labute approximate surface area is 198 Å². The number of alkyl halides is 3. The van der Waals surface area contributed by atoms with E-state index < -0.39 is 23.9 Å². The number of carbonyl (C=O) groups excluding carboxylic acids is 1. The van der Waals surface area contributed by atoms with E-state index in [1.807, 2.05) is 0 Å². The molecule has 0 radical (unpaired) electrons. The summed E-state index contributed by atoms with van der Waals surface area (Å²) in [5, 5.41) is 13.2. The minimum Gasteiger partial charge on any atom is -0.476 e. The second-order valence-electron chi connectivity index (χ2n) is 8.23. The van der Waals surface area contributed by atoms with Gasteiger partial charge in [0.1, 0.15) is 5.02 Å². The molecule has 9 nitrogen and oxygen atoms in total. The number of pyridine rings is 1. The first kappa shape index (κ1) is 23.9. The van der Waals surface area contributed by atoms with Gasteiger partial charge >= 0.3 is 12.2 Å². The highest BCUT2D eigenvalue weighted by Crippen LogP contribution is 2.36. The van der Waals surface area contributed by atoms with Crippen molar-refractivity contribution in [1.82, 2.24) is 25.5 Å². The molecule has 34 heavy (non-hydrogen) atoms. The van der Waals surface area contributed by atoms with Gasteiger partial charge in [0, 0.05) is 18.8 Å². The number of nitrogens with zero attached hydrogens (tertiary/aromatic N) is 4. The second kappa shape index (κ2) is 9.53. The number of hydrogen-bond donors (Lipinski definition) is 3. The number of halogens is 4. The molecule has 0 saturated heterocycles. The second-order valence-corrected chi connectivity index (χ2v) is 8.64. The quantitative estimate of drug-likeness (QED) is 0.535. The Morgan fingerprint density at radius 1 is 1.38 bits per heavy atom. The number of amides is 2. The normalized spacial score (nSPS) is 18.0. The number of nitrogens with one attached hydrogen (secondary N) is 3. The molecule has 0 spiro atoms. The lowest BCUT2D eigenvalue weighted by Gasteiger charge is -2.23. The molecular formula is C21H23ClF3N7O2. The molecule has 3 heterocycles. The fourth-order valence-electron chi connectivity index (χ4n) is 3.40. The number of aromatic nitrogens is 3. The molecule has 2 aliphatic rings. The fourth-order valence-corrected chi connectivity index (χ4v) is 3.62. The standard InChI is InChI=1S/C21H23ClF3N7O2/c1-11-5-14(29-30-17(11)15-9-32(2)31-18(15)21(23,24)25)8-27-20(33)28-13-6-16(22)19(26-7-13)34-10-12-3-4-12/h5-7,9,12,17,30H,3-4,8,10H2,1-2H3,(H2,27,28,33). The Morgan fingerprint density at radius 3 is 2.79 bits per heavy atom. The number of urea groups is 1. The number of hydrogen-bond acceptors (Lipinski definition) is 6. The molecule has 1 saturated carbocycles. The summed E-state index contributed by atoms with van der Waals surface area (Å²) in [4.78, 5) is 16.4. The summed E-state index contributed by atoms with van der Waals surface area (Å²) in [5.41, 5.74) is 3.17. The number of hydrazone groups is 1. The van der Waals surface area contributed by atoms with Crippen LogP contribution in [0.5, 0.6) is 5.88 Å². The van der Waals surface area contributed by atoms with Crippen molar-refractivity contribution in [2.45, 2.75) is 32.0 Å². The topological polar surface area (TPSA) is 105 Å². The molecule has 2 aromatic heterocycles. The Kier molecular flexibility index (Phi) is 6.69. The van der Waals surface area contributed by atoms with Crippen LogP contribution in [-0.4, -0.2) is 39.7 Å². The molecule has 0 bridgehead atoms. The van der Waals surface area contributed by atoms with Gasteiger partial charge in [0.15, 0.2) is 5.69 Å². The zero-order chi connectivity index (χ0) is 24.5. The van der Waals surface area contributed by atoms with Crippen LogP contribution < -0.4 is 20.8 Å². The van der Waals surface area contributed by atoms with Crippen molar-refractivity contribution in [3.05, 3.63) is 46.4 Å². The van der Waals surface area contributed by atoms with Crippen LogP contribution in [0.4, 0.5) is 23.7 Å². The summed E-state index contributed by atoms with van der Waals surface area (Å²) < 4.78 is 46.6. The zero-order valence-electron chi connectivity index (χ0n) is 18.4. The summed E-state index contributed by atoms with van der Waals surface area (Å²) in [6, 6.07) is 0.236. The molecule has 13 heteroatoms. The van der Waals surface area contributed by atoms with Crippen molar-refractivity contribution in [1.29, 1.82) is 0 Å². The van der Waals surface area contributed by atoms with E-state index in [1.54, 1.807) is 13.0 Å². The van der Waals surface area contributed by atoms with Crippen LogP contribution >= 0.6 is 11.6 Å². The van der Waals surface area contributed by atoms with Crippen molar-refractivity contribution < 1.29 is 22.7 Å². The number of aryl methyl sites for hydroxylation is 1. The average molecular weight is 498 g/mol. The van der Waals surface area contributed by atoms with E-state index in [4.69, 9.17) is 16.3 Å². The lowest BCUT2D eigenvalue weighted by molar-refractivity contribution is -0.142. The molecule has 2 amide bonds. The van der Waals surface area contributed by atoms with E-state index >= 15 is 0 Å². The van der Waals surface area contributed by atoms with Crippen LogP contribution in [0.3, 0.4) is 0 Å².